The molecule has 0 radical (unpaired) electrons. The summed E-state index contributed by atoms with van der Waals surface area (Å²) in [5.41, 5.74) is 1.74. The summed E-state index contributed by atoms with van der Waals surface area (Å²) >= 11 is 0. The fourth-order valence-corrected chi connectivity index (χ4v) is 2.13. The molecule has 0 unspecified atom stereocenters. The standard InChI is InChI=1S/C19H17NO4/c1-14-4-6-15(7-5-14)19(21)20-10-2-3-11-22-16-8-9-17-18(12-16)24-13-23-17/h4-9,12H,10-11,13H2,1H3,(H,20,21). The molecule has 24 heavy (non-hydrogen) atoms. The van der Waals surface area contributed by atoms with Crippen LogP contribution in [0.3, 0.4) is 0 Å². The summed E-state index contributed by atoms with van der Waals surface area (Å²) in [4.78, 5) is 11.9. The highest BCUT2D eigenvalue weighted by Gasteiger charge is 2.13. The fraction of sp³-hybridized carbons (Fsp3) is 0.211. The Hall–Kier alpha value is -3.13. The van der Waals surface area contributed by atoms with Crippen LogP contribution < -0.4 is 19.5 Å². The molecule has 0 bridgehead atoms. The zero-order valence-electron chi connectivity index (χ0n) is 13.3. The summed E-state index contributed by atoms with van der Waals surface area (Å²) < 4.78 is 16.0. The van der Waals surface area contributed by atoms with Gasteiger partial charge in [-0.05, 0) is 31.2 Å². The van der Waals surface area contributed by atoms with Crippen LogP contribution in [0.2, 0.25) is 0 Å². The van der Waals surface area contributed by atoms with E-state index in [1.54, 1.807) is 30.3 Å². The van der Waals surface area contributed by atoms with Gasteiger partial charge in [-0.25, -0.2) is 0 Å². The third-order valence-corrected chi connectivity index (χ3v) is 3.43. The Morgan fingerprint density at radius 3 is 2.75 bits per heavy atom. The second-order valence-electron chi connectivity index (χ2n) is 5.21. The SMILES string of the molecule is Cc1ccc(C(=O)NCC#CCOc2ccc3c(c2)OCO3)cc1. The molecule has 0 atom stereocenters. The highest BCUT2D eigenvalue weighted by molar-refractivity contribution is 5.94. The number of carbonyl (C=O) groups excluding carboxylic acids is 1. The molecule has 1 aliphatic rings. The normalized spacial score (nSPS) is 11.4. The molecular weight excluding hydrogens is 306 g/mol. The molecule has 1 aliphatic heterocycles. The predicted molar refractivity (Wildman–Crippen MR) is 89.3 cm³/mol. The molecule has 2 aromatic carbocycles. The number of benzene rings is 2. The maximum Gasteiger partial charge on any atom is 0.252 e. The highest BCUT2D eigenvalue weighted by atomic mass is 16.7. The monoisotopic (exact) mass is 323 g/mol. The highest BCUT2D eigenvalue weighted by Crippen LogP contribution is 2.34. The third kappa shape index (κ3) is 3.99. The van der Waals surface area contributed by atoms with Crippen molar-refractivity contribution in [2.24, 2.45) is 0 Å². The number of nitrogens with one attached hydrogen (secondary N) is 1. The van der Waals surface area contributed by atoms with E-state index in [0.717, 1.165) is 5.56 Å². The first-order valence-corrected chi connectivity index (χ1v) is 7.55. The van der Waals surface area contributed by atoms with Crippen LogP contribution in [-0.4, -0.2) is 25.9 Å². The number of hydrogen-bond donors (Lipinski definition) is 1. The second kappa shape index (κ2) is 7.42. The molecule has 0 fully saturated rings. The molecule has 122 valence electrons. The van der Waals surface area contributed by atoms with E-state index in [4.69, 9.17) is 14.2 Å². The van der Waals surface area contributed by atoms with Crippen molar-refractivity contribution in [1.29, 1.82) is 0 Å². The van der Waals surface area contributed by atoms with Crippen LogP contribution in [0.5, 0.6) is 17.2 Å². The number of ether oxygens (including phenoxy) is 3. The zero-order valence-corrected chi connectivity index (χ0v) is 13.3. The van der Waals surface area contributed by atoms with Gasteiger partial charge in [0.1, 0.15) is 12.4 Å². The van der Waals surface area contributed by atoms with Crippen molar-refractivity contribution in [3.05, 3.63) is 53.6 Å². The van der Waals surface area contributed by atoms with Gasteiger partial charge in [0.05, 0.1) is 6.54 Å². The lowest BCUT2D eigenvalue weighted by Crippen LogP contribution is -2.23. The number of amides is 1. The van der Waals surface area contributed by atoms with E-state index >= 15 is 0 Å². The number of fused-ring (bicyclic) bond motifs is 1. The average Bonchev–Trinajstić information content (AvgIpc) is 3.06. The van der Waals surface area contributed by atoms with E-state index in [9.17, 15) is 4.79 Å². The minimum absolute atomic E-state index is 0.138. The van der Waals surface area contributed by atoms with E-state index in [1.165, 1.54) is 0 Å². The number of rotatable bonds is 4. The number of aryl methyl sites for hydroxylation is 1. The van der Waals surface area contributed by atoms with Gasteiger partial charge < -0.3 is 19.5 Å². The van der Waals surface area contributed by atoms with Crippen LogP contribution in [0.15, 0.2) is 42.5 Å². The maximum atomic E-state index is 11.9. The molecule has 1 N–H and O–H groups in total. The van der Waals surface area contributed by atoms with Crippen LogP contribution in [-0.2, 0) is 0 Å². The van der Waals surface area contributed by atoms with Crippen LogP contribution in [0.4, 0.5) is 0 Å². The first-order chi connectivity index (χ1) is 11.7. The van der Waals surface area contributed by atoms with Gasteiger partial charge in [0.15, 0.2) is 11.5 Å². The van der Waals surface area contributed by atoms with Gasteiger partial charge in [0, 0.05) is 11.6 Å². The maximum absolute atomic E-state index is 11.9. The zero-order chi connectivity index (χ0) is 16.8. The summed E-state index contributed by atoms with van der Waals surface area (Å²) in [6.07, 6.45) is 0. The van der Waals surface area contributed by atoms with Crippen molar-refractivity contribution in [3.63, 3.8) is 0 Å². The molecule has 5 nitrogen and oxygen atoms in total. The van der Waals surface area contributed by atoms with Gasteiger partial charge in [-0.15, -0.1) is 0 Å². The Kier molecular flexibility index (Phi) is 4.87. The lowest BCUT2D eigenvalue weighted by atomic mass is 10.1. The average molecular weight is 323 g/mol. The second-order valence-corrected chi connectivity index (χ2v) is 5.21. The van der Waals surface area contributed by atoms with Crippen molar-refractivity contribution >= 4 is 5.91 Å². The Labute approximate surface area is 140 Å². The summed E-state index contributed by atoms with van der Waals surface area (Å²) in [6, 6.07) is 12.8. The van der Waals surface area contributed by atoms with Gasteiger partial charge in [-0.2, -0.15) is 0 Å². The van der Waals surface area contributed by atoms with Crippen LogP contribution >= 0.6 is 0 Å². The van der Waals surface area contributed by atoms with Crippen molar-refractivity contribution in [3.8, 4) is 29.1 Å². The topological polar surface area (TPSA) is 56.8 Å². The summed E-state index contributed by atoms with van der Waals surface area (Å²) in [5.74, 6) is 7.63. The van der Waals surface area contributed by atoms with Gasteiger partial charge in [-0.1, -0.05) is 29.5 Å². The van der Waals surface area contributed by atoms with Gasteiger partial charge in [0.25, 0.3) is 5.91 Å². The minimum atomic E-state index is -0.138. The largest absolute Gasteiger partial charge is 0.481 e. The first kappa shape index (κ1) is 15.8. The van der Waals surface area contributed by atoms with Crippen molar-refractivity contribution in [2.45, 2.75) is 6.92 Å². The van der Waals surface area contributed by atoms with E-state index in [1.807, 2.05) is 19.1 Å². The summed E-state index contributed by atoms with van der Waals surface area (Å²) in [7, 11) is 0. The first-order valence-electron chi connectivity index (χ1n) is 7.55. The Balaban J connectivity index is 1.42. The fourth-order valence-electron chi connectivity index (χ4n) is 2.13. The smallest absolute Gasteiger partial charge is 0.252 e. The molecule has 0 aliphatic carbocycles. The Morgan fingerprint density at radius 1 is 1.12 bits per heavy atom. The Morgan fingerprint density at radius 2 is 1.92 bits per heavy atom. The van der Waals surface area contributed by atoms with Crippen molar-refractivity contribution in [2.75, 3.05) is 19.9 Å². The van der Waals surface area contributed by atoms with Gasteiger partial charge >= 0.3 is 0 Å². The van der Waals surface area contributed by atoms with E-state index in [2.05, 4.69) is 17.2 Å². The molecule has 1 amide bonds. The number of carbonyl (C=O) groups is 1. The van der Waals surface area contributed by atoms with Crippen LogP contribution in [0.1, 0.15) is 15.9 Å². The summed E-state index contributed by atoms with van der Waals surface area (Å²) in [5, 5.41) is 2.75. The quantitative estimate of drug-likeness (QED) is 0.879. The van der Waals surface area contributed by atoms with E-state index < -0.39 is 0 Å². The molecular formula is C19H17NO4. The van der Waals surface area contributed by atoms with Crippen LogP contribution in [0.25, 0.3) is 0 Å². The third-order valence-electron chi connectivity index (χ3n) is 3.43. The minimum Gasteiger partial charge on any atom is -0.481 e. The number of hydrogen-bond acceptors (Lipinski definition) is 4. The molecule has 0 saturated heterocycles. The molecule has 2 aromatic rings. The molecule has 0 aromatic heterocycles. The van der Waals surface area contributed by atoms with E-state index in [0.29, 0.717) is 22.8 Å². The Bertz CT molecular complexity index is 787. The molecule has 0 saturated carbocycles. The molecule has 5 heteroatoms. The lowest BCUT2D eigenvalue weighted by Gasteiger charge is -2.03. The van der Waals surface area contributed by atoms with Crippen molar-refractivity contribution in [1.82, 2.24) is 5.32 Å². The van der Waals surface area contributed by atoms with Crippen molar-refractivity contribution < 1.29 is 19.0 Å². The molecule has 1 heterocycles. The van der Waals surface area contributed by atoms with Crippen LogP contribution in [0, 0.1) is 18.8 Å². The van der Waals surface area contributed by atoms with Gasteiger partial charge in [0.2, 0.25) is 6.79 Å². The lowest BCUT2D eigenvalue weighted by molar-refractivity contribution is 0.0958. The predicted octanol–water partition coefficient (Wildman–Crippen LogP) is 2.54. The van der Waals surface area contributed by atoms with E-state index in [-0.39, 0.29) is 25.9 Å². The van der Waals surface area contributed by atoms with Gasteiger partial charge in [-0.3, -0.25) is 4.79 Å². The molecule has 3 rings (SSSR count). The summed E-state index contributed by atoms with van der Waals surface area (Å²) in [6.45, 7) is 2.73. The molecule has 0 spiro atoms.